The third-order valence-corrected chi connectivity index (χ3v) is 10.1. The predicted molar refractivity (Wildman–Crippen MR) is 199 cm³/mol. The number of aryl methyl sites for hydroxylation is 1. The van der Waals surface area contributed by atoms with Gasteiger partial charge in [0.1, 0.15) is 17.2 Å². The van der Waals surface area contributed by atoms with Crippen LogP contribution in [0.5, 0.6) is 46.0 Å². The summed E-state index contributed by atoms with van der Waals surface area (Å²) in [5.41, 5.74) is 4.56. The predicted octanol–water partition coefficient (Wildman–Crippen LogP) is 7.10. The van der Waals surface area contributed by atoms with E-state index in [4.69, 9.17) is 37.9 Å². The summed E-state index contributed by atoms with van der Waals surface area (Å²) in [7, 11) is 11.3. The minimum Gasteiger partial charge on any atom is -0.497 e. The first-order chi connectivity index (χ1) is 25.6. The summed E-state index contributed by atoms with van der Waals surface area (Å²) in [6, 6.07) is 20.9. The molecule has 1 N–H and O–H groups in total. The van der Waals surface area contributed by atoms with Crippen LogP contribution in [0.15, 0.2) is 71.3 Å². The van der Waals surface area contributed by atoms with E-state index in [0.29, 0.717) is 57.8 Å². The largest absolute Gasteiger partial charge is 0.497 e. The molecule has 2 aliphatic rings. The number of rotatable bonds is 8. The van der Waals surface area contributed by atoms with Crippen LogP contribution >= 0.6 is 15.9 Å². The Morgan fingerprint density at radius 3 is 2.08 bits per heavy atom. The van der Waals surface area contributed by atoms with Crippen molar-refractivity contribution in [2.24, 2.45) is 13.0 Å². The van der Waals surface area contributed by atoms with Crippen LogP contribution in [0.25, 0.3) is 10.9 Å². The van der Waals surface area contributed by atoms with Crippen molar-refractivity contribution in [3.8, 4) is 52.1 Å². The minimum absolute atomic E-state index is 0.00513. The highest BCUT2D eigenvalue weighted by molar-refractivity contribution is 9.10. The van der Waals surface area contributed by atoms with Crippen LogP contribution in [0.4, 0.5) is 0 Å². The van der Waals surface area contributed by atoms with Crippen LogP contribution in [0.2, 0.25) is 0 Å². The molecular weight excluding hydrogens is 748 g/mol. The molecule has 3 heterocycles. The third-order valence-electron chi connectivity index (χ3n) is 9.51. The molecule has 0 amide bonds. The van der Waals surface area contributed by atoms with E-state index in [1.54, 1.807) is 44.6 Å². The van der Waals surface area contributed by atoms with Gasteiger partial charge in [0.25, 0.3) is 0 Å². The smallest absolute Gasteiger partial charge is 0.329 e. The zero-order chi connectivity index (χ0) is 38.0. The number of methoxy groups -OCH3 is 6. The number of esters is 1. The van der Waals surface area contributed by atoms with Gasteiger partial charge in [0.15, 0.2) is 35.2 Å². The molecule has 276 valence electrons. The first-order valence-corrected chi connectivity index (χ1v) is 17.3. The van der Waals surface area contributed by atoms with Crippen LogP contribution in [0.3, 0.4) is 0 Å². The number of nitrogens with zero attached hydrogens (tertiary/aromatic N) is 2. The van der Waals surface area contributed by atoms with Gasteiger partial charge >= 0.3 is 5.97 Å². The van der Waals surface area contributed by atoms with Gasteiger partial charge in [0, 0.05) is 54.1 Å². The van der Waals surface area contributed by atoms with Gasteiger partial charge in [-0.3, -0.25) is 4.79 Å². The Balaban J connectivity index is 0.000000181. The second-order valence-corrected chi connectivity index (χ2v) is 13.2. The molecule has 5 aromatic rings. The number of nitriles is 1. The summed E-state index contributed by atoms with van der Waals surface area (Å²) >= 11 is 3.56. The average Bonchev–Trinajstić information content (AvgIpc) is 3.56. The van der Waals surface area contributed by atoms with Crippen molar-refractivity contribution in [2.45, 2.75) is 24.5 Å². The van der Waals surface area contributed by atoms with E-state index in [0.717, 1.165) is 32.3 Å². The summed E-state index contributed by atoms with van der Waals surface area (Å²) in [6.45, 7) is 0. The lowest BCUT2D eigenvalue weighted by molar-refractivity contribution is -0.138. The van der Waals surface area contributed by atoms with Crippen LogP contribution in [-0.4, -0.2) is 64.6 Å². The number of ether oxygens (including phenoxy) is 8. The number of aliphatic hydroxyl groups is 1. The molecule has 0 fully saturated rings. The van der Waals surface area contributed by atoms with E-state index < -0.39 is 24.1 Å². The van der Waals surface area contributed by atoms with Gasteiger partial charge in [0.05, 0.1) is 58.7 Å². The molecule has 0 radical (unpaired) electrons. The number of aromatic nitrogens is 1. The molecule has 2 aliphatic heterocycles. The fourth-order valence-corrected chi connectivity index (χ4v) is 7.59. The average molecular weight is 788 g/mol. The summed E-state index contributed by atoms with van der Waals surface area (Å²) < 4.78 is 46.3. The number of fused-ring (bicyclic) bond motifs is 4. The third kappa shape index (κ3) is 6.88. The van der Waals surface area contributed by atoms with E-state index in [1.165, 1.54) is 28.4 Å². The van der Waals surface area contributed by atoms with E-state index >= 15 is 0 Å². The Bertz CT molecular complexity index is 2190. The summed E-state index contributed by atoms with van der Waals surface area (Å²) in [5, 5.41) is 21.0. The van der Waals surface area contributed by atoms with Crippen molar-refractivity contribution in [1.29, 1.82) is 5.26 Å². The zero-order valence-electron chi connectivity index (χ0n) is 30.3. The summed E-state index contributed by atoms with van der Waals surface area (Å²) in [4.78, 5) is 12.4. The molecule has 12 nitrogen and oxygen atoms in total. The van der Waals surface area contributed by atoms with Gasteiger partial charge in [0.2, 0.25) is 5.75 Å². The maximum atomic E-state index is 12.4. The van der Waals surface area contributed by atoms with Gasteiger partial charge in [-0.1, -0.05) is 12.1 Å². The Kier molecular flexibility index (Phi) is 10.9. The van der Waals surface area contributed by atoms with Crippen molar-refractivity contribution >= 4 is 32.8 Å². The van der Waals surface area contributed by atoms with Gasteiger partial charge in [-0.15, -0.1) is 0 Å². The lowest BCUT2D eigenvalue weighted by Crippen LogP contribution is -2.31. The van der Waals surface area contributed by atoms with Gasteiger partial charge < -0.3 is 47.6 Å². The van der Waals surface area contributed by atoms with Gasteiger partial charge in [-0.2, -0.15) is 5.26 Å². The quantitative estimate of drug-likeness (QED) is 0.127. The van der Waals surface area contributed by atoms with Crippen molar-refractivity contribution in [1.82, 2.24) is 4.57 Å². The molecule has 4 unspecified atom stereocenters. The lowest BCUT2D eigenvalue weighted by atomic mass is 9.79. The Labute approximate surface area is 315 Å². The number of hydrogen-bond donors (Lipinski definition) is 1. The van der Waals surface area contributed by atoms with Crippen molar-refractivity contribution in [2.75, 3.05) is 42.7 Å². The number of halogens is 1. The molecular formula is C40H39BrN2O10. The van der Waals surface area contributed by atoms with Crippen molar-refractivity contribution in [3.63, 3.8) is 0 Å². The normalized spacial score (nSPS) is 18.5. The molecule has 1 aromatic heterocycles. The van der Waals surface area contributed by atoms with Crippen molar-refractivity contribution < 1.29 is 47.8 Å². The molecule has 0 aliphatic carbocycles. The summed E-state index contributed by atoms with van der Waals surface area (Å²) in [5.74, 6) is 2.12. The van der Waals surface area contributed by atoms with E-state index in [2.05, 4.69) is 34.1 Å². The molecule has 53 heavy (non-hydrogen) atoms. The highest BCUT2D eigenvalue weighted by atomic mass is 79.9. The van der Waals surface area contributed by atoms with Gasteiger partial charge in [-0.25, -0.2) is 0 Å². The highest BCUT2D eigenvalue weighted by Gasteiger charge is 2.40. The van der Waals surface area contributed by atoms with E-state index in [1.807, 2.05) is 36.0 Å². The first kappa shape index (κ1) is 37.2. The highest BCUT2D eigenvalue weighted by Crippen LogP contribution is 2.49. The van der Waals surface area contributed by atoms with Crippen LogP contribution in [0, 0.1) is 17.2 Å². The Morgan fingerprint density at radius 2 is 1.45 bits per heavy atom. The second-order valence-electron chi connectivity index (χ2n) is 12.3. The lowest BCUT2D eigenvalue weighted by Gasteiger charge is -2.31. The molecule has 0 spiro atoms. The molecule has 7 rings (SSSR count). The topological polar surface area (TPSA) is 140 Å². The molecule has 4 atom stereocenters. The van der Waals surface area contributed by atoms with E-state index in [9.17, 15) is 15.2 Å². The number of carbonyl (C=O) groups excluding carboxylic acids is 1. The fourth-order valence-electron chi connectivity index (χ4n) is 6.97. The number of carbonyl (C=O) groups is 1. The molecule has 4 aromatic carbocycles. The maximum absolute atomic E-state index is 12.4. The van der Waals surface area contributed by atoms with Crippen molar-refractivity contribution in [3.05, 3.63) is 93.6 Å². The number of benzene rings is 4. The van der Waals surface area contributed by atoms with Crippen LogP contribution < -0.4 is 37.9 Å². The molecule has 13 heteroatoms. The fraction of sp³-hybridized carbons (Fsp3) is 0.300. The summed E-state index contributed by atoms with van der Waals surface area (Å²) in [6.07, 6.45) is 1.62. The SMILES string of the molecule is COc1cc(C2CC(O)Oc3c2ccc2c3ccn2C)cc(Br)c1OC.COc1ccc2c(c1)OC(=O)C(C#N)C2c1cc(OC)c(OC)c(OC)c1. The monoisotopic (exact) mass is 786 g/mol. The Hall–Kier alpha value is -5.58. The standard InChI is InChI=1S/C20H20BrNO4.C20H19NO6/c1-22-7-6-13-16(22)5-4-12-14(10-18(23)26-19(12)13)11-8-15(21)20(25-3)17(9-11)24-2;1-23-12-5-6-13-15(9-12)27-20(22)14(10-21)18(13)11-7-16(24-2)19(26-4)17(8-11)25-3/h4-9,14,18,23H,10H2,1-3H3;5-9,14,18H,1-4H3. The van der Waals surface area contributed by atoms with Crippen LogP contribution in [-0.2, 0) is 11.8 Å². The number of hydrogen-bond acceptors (Lipinski definition) is 11. The van der Waals surface area contributed by atoms with Crippen LogP contribution in [0.1, 0.15) is 40.5 Å². The Morgan fingerprint density at radius 1 is 0.811 bits per heavy atom. The minimum atomic E-state index is -1.01. The zero-order valence-corrected chi connectivity index (χ0v) is 31.8. The molecule has 0 saturated carbocycles. The number of aliphatic hydroxyl groups excluding tert-OH is 1. The van der Waals surface area contributed by atoms with E-state index in [-0.39, 0.29) is 5.92 Å². The van der Waals surface area contributed by atoms with Gasteiger partial charge in [-0.05, 0) is 69.5 Å². The first-order valence-electron chi connectivity index (χ1n) is 16.5. The second kappa shape index (κ2) is 15.6. The molecule has 0 bridgehead atoms. The maximum Gasteiger partial charge on any atom is 0.329 e. The molecule has 0 saturated heterocycles.